The zero-order chi connectivity index (χ0) is 22.9. The molecule has 2 atom stereocenters. The van der Waals surface area contributed by atoms with Crippen molar-refractivity contribution in [3.8, 4) is 0 Å². The van der Waals surface area contributed by atoms with E-state index in [1.165, 1.54) is 6.92 Å². The van der Waals surface area contributed by atoms with Crippen LogP contribution in [0.5, 0.6) is 0 Å². The first kappa shape index (κ1) is 23.1. The minimum Gasteiger partial charge on any atom is -0.371 e. The van der Waals surface area contributed by atoms with Crippen molar-refractivity contribution in [3.63, 3.8) is 0 Å². The van der Waals surface area contributed by atoms with Gasteiger partial charge in [0.15, 0.2) is 0 Å². The fourth-order valence-corrected chi connectivity index (χ4v) is 3.69. The van der Waals surface area contributed by atoms with Gasteiger partial charge in [0, 0.05) is 6.42 Å². The number of ether oxygens (including phenoxy) is 1. The Bertz CT molecular complexity index is 894. The third-order valence-corrected chi connectivity index (χ3v) is 5.37. The molecule has 1 aliphatic heterocycles. The van der Waals surface area contributed by atoms with Gasteiger partial charge in [-0.15, -0.1) is 0 Å². The molecule has 1 amide bonds. The lowest BCUT2D eigenvalue weighted by Crippen LogP contribution is -2.52. The highest BCUT2D eigenvalue weighted by Gasteiger charge is 2.39. The Morgan fingerprint density at radius 2 is 1.58 bits per heavy atom. The second-order valence-electron chi connectivity index (χ2n) is 7.64. The Morgan fingerprint density at radius 1 is 1.00 bits per heavy atom. The Labute approximate surface area is 175 Å². The first-order valence-corrected chi connectivity index (χ1v) is 9.68. The van der Waals surface area contributed by atoms with Gasteiger partial charge in [-0.25, -0.2) is 0 Å². The molecule has 3 nitrogen and oxygen atoms in total. The maximum absolute atomic E-state index is 13.1. The average molecular weight is 445 g/mol. The van der Waals surface area contributed by atoms with E-state index in [4.69, 9.17) is 4.74 Å². The third-order valence-electron chi connectivity index (χ3n) is 5.37. The summed E-state index contributed by atoms with van der Waals surface area (Å²) in [5, 5.41) is 2.90. The fraction of sp³-hybridized carbons (Fsp3) is 0.409. The smallest absolute Gasteiger partial charge is 0.371 e. The van der Waals surface area contributed by atoms with Crippen LogP contribution in [-0.4, -0.2) is 12.5 Å². The number of carbonyl (C=O) groups is 1. The molecule has 0 radical (unpaired) electrons. The predicted molar refractivity (Wildman–Crippen MR) is 101 cm³/mol. The number of nitrogens with one attached hydrogen (secondary N) is 1. The second kappa shape index (κ2) is 8.53. The van der Waals surface area contributed by atoms with Crippen LogP contribution in [0.25, 0.3) is 0 Å². The van der Waals surface area contributed by atoms with Crippen LogP contribution >= 0.6 is 0 Å². The first-order valence-electron chi connectivity index (χ1n) is 9.68. The van der Waals surface area contributed by atoms with E-state index < -0.39 is 35.1 Å². The van der Waals surface area contributed by atoms with Crippen LogP contribution in [0.2, 0.25) is 0 Å². The molecule has 2 aromatic rings. The largest absolute Gasteiger partial charge is 0.416 e. The molecule has 0 aromatic heterocycles. The van der Waals surface area contributed by atoms with E-state index in [0.717, 1.165) is 5.56 Å². The van der Waals surface area contributed by atoms with Crippen molar-refractivity contribution in [2.75, 3.05) is 6.61 Å². The molecule has 1 heterocycles. The quantitative estimate of drug-likeness (QED) is 0.574. The van der Waals surface area contributed by atoms with Crippen LogP contribution in [0.3, 0.4) is 0 Å². The summed E-state index contributed by atoms with van der Waals surface area (Å²) in [5.41, 5.74) is -3.17. The van der Waals surface area contributed by atoms with E-state index in [0.29, 0.717) is 31.4 Å². The summed E-state index contributed by atoms with van der Waals surface area (Å²) in [5.74, 6) is -0.190. The first-order chi connectivity index (χ1) is 14.4. The van der Waals surface area contributed by atoms with Crippen LogP contribution in [0.1, 0.15) is 54.5 Å². The summed E-state index contributed by atoms with van der Waals surface area (Å²) >= 11 is 0. The molecule has 1 fully saturated rings. The number of rotatable bonds is 5. The number of alkyl halides is 6. The number of benzene rings is 2. The van der Waals surface area contributed by atoms with Crippen LogP contribution in [0, 0.1) is 0 Å². The number of hydrogen-bond acceptors (Lipinski definition) is 2. The van der Waals surface area contributed by atoms with Gasteiger partial charge in [-0.05, 0) is 49.1 Å². The SMILES string of the molecule is CC(OCC1(c2ccccc2)CCCC(=O)N1)c1cc(C(F)(F)F)cc(C(F)(F)F)c1. The Balaban J connectivity index is 1.89. The lowest BCUT2D eigenvalue weighted by molar-refractivity contribution is -0.143. The number of amides is 1. The van der Waals surface area contributed by atoms with Crippen molar-refractivity contribution < 1.29 is 35.9 Å². The molecular formula is C22H21F6NO2. The predicted octanol–water partition coefficient (Wildman–Crippen LogP) is 6.00. The molecule has 0 bridgehead atoms. The number of halogens is 6. The Morgan fingerprint density at radius 3 is 2.10 bits per heavy atom. The lowest BCUT2D eigenvalue weighted by atomic mass is 9.82. The van der Waals surface area contributed by atoms with Crippen molar-refractivity contribution in [1.82, 2.24) is 5.32 Å². The third kappa shape index (κ3) is 5.39. The highest BCUT2D eigenvalue weighted by molar-refractivity contribution is 5.78. The molecule has 1 N–H and O–H groups in total. The van der Waals surface area contributed by atoms with Crippen LogP contribution < -0.4 is 5.32 Å². The average Bonchev–Trinajstić information content (AvgIpc) is 2.71. The molecule has 31 heavy (non-hydrogen) atoms. The summed E-state index contributed by atoms with van der Waals surface area (Å²) in [6.45, 7) is 1.29. The van der Waals surface area contributed by atoms with Crippen molar-refractivity contribution in [1.29, 1.82) is 0 Å². The highest BCUT2D eigenvalue weighted by atomic mass is 19.4. The Hall–Kier alpha value is -2.55. The zero-order valence-corrected chi connectivity index (χ0v) is 16.6. The van der Waals surface area contributed by atoms with Crippen LogP contribution in [0.15, 0.2) is 48.5 Å². The van der Waals surface area contributed by atoms with Gasteiger partial charge in [-0.2, -0.15) is 26.3 Å². The lowest BCUT2D eigenvalue weighted by Gasteiger charge is -2.39. The van der Waals surface area contributed by atoms with E-state index >= 15 is 0 Å². The monoisotopic (exact) mass is 445 g/mol. The van der Waals surface area contributed by atoms with E-state index in [9.17, 15) is 31.1 Å². The van der Waals surface area contributed by atoms with Crippen molar-refractivity contribution >= 4 is 5.91 Å². The van der Waals surface area contributed by atoms with Gasteiger partial charge in [-0.3, -0.25) is 4.79 Å². The van der Waals surface area contributed by atoms with Crippen molar-refractivity contribution in [3.05, 3.63) is 70.8 Å². The minimum atomic E-state index is -4.93. The van der Waals surface area contributed by atoms with Gasteiger partial charge in [-0.1, -0.05) is 30.3 Å². The summed E-state index contributed by atoms with van der Waals surface area (Å²) < 4.78 is 84.6. The molecule has 0 spiro atoms. The van der Waals surface area contributed by atoms with Crippen LogP contribution in [0.4, 0.5) is 26.3 Å². The molecule has 3 rings (SSSR count). The van der Waals surface area contributed by atoms with Crippen molar-refractivity contribution in [2.45, 2.75) is 50.2 Å². The Kier molecular flexibility index (Phi) is 6.36. The van der Waals surface area contributed by atoms with Gasteiger partial charge in [0.25, 0.3) is 0 Å². The van der Waals surface area contributed by atoms with E-state index in [2.05, 4.69) is 5.32 Å². The number of hydrogen-bond donors (Lipinski definition) is 1. The highest BCUT2D eigenvalue weighted by Crippen LogP contribution is 2.39. The molecule has 0 saturated carbocycles. The molecule has 1 aliphatic rings. The molecule has 168 valence electrons. The van der Waals surface area contributed by atoms with Gasteiger partial charge in [0.05, 0.1) is 29.4 Å². The maximum atomic E-state index is 13.1. The van der Waals surface area contributed by atoms with Gasteiger partial charge in [0.2, 0.25) is 5.91 Å². The summed E-state index contributed by atoms with van der Waals surface area (Å²) in [6, 6.07) is 10.4. The van der Waals surface area contributed by atoms with Gasteiger partial charge < -0.3 is 10.1 Å². The number of piperidine rings is 1. The van der Waals surface area contributed by atoms with Crippen molar-refractivity contribution in [2.24, 2.45) is 0 Å². The molecular weight excluding hydrogens is 424 g/mol. The van der Waals surface area contributed by atoms with E-state index in [1.807, 2.05) is 0 Å². The summed E-state index contributed by atoms with van der Waals surface area (Å²) in [7, 11) is 0. The maximum Gasteiger partial charge on any atom is 0.416 e. The second-order valence-corrected chi connectivity index (χ2v) is 7.64. The molecule has 1 saturated heterocycles. The molecule has 2 unspecified atom stereocenters. The summed E-state index contributed by atoms with van der Waals surface area (Å²) in [6.07, 6.45) is -9.47. The van der Waals surface area contributed by atoms with E-state index in [-0.39, 0.29) is 24.1 Å². The topological polar surface area (TPSA) is 38.3 Å². The fourth-order valence-electron chi connectivity index (χ4n) is 3.69. The van der Waals surface area contributed by atoms with Crippen LogP contribution in [-0.2, 0) is 27.4 Å². The van der Waals surface area contributed by atoms with Gasteiger partial charge >= 0.3 is 12.4 Å². The molecule has 9 heteroatoms. The normalized spacial score (nSPS) is 20.9. The zero-order valence-electron chi connectivity index (χ0n) is 16.6. The molecule has 0 aliphatic carbocycles. The molecule has 2 aromatic carbocycles. The standard InChI is InChI=1S/C22H21F6NO2/c1-14(15-10-17(21(23,24)25)12-18(11-15)22(26,27)28)31-13-20(9-5-8-19(30)29-20)16-6-3-2-4-7-16/h2-4,6-7,10-12,14H,5,8-9,13H2,1H3,(H,29,30). The minimum absolute atomic E-state index is 0.0863. The summed E-state index contributed by atoms with van der Waals surface area (Å²) in [4.78, 5) is 12.1. The van der Waals surface area contributed by atoms with E-state index in [1.54, 1.807) is 30.3 Å². The number of carbonyl (C=O) groups excluding carboxylic acids is 1. The van der Waals surface area contributed by atoms with Gasteiger partial charge in [0.1, 0.15) is 0 Å².